The fraction of sp³-hybridized carbons (Fsp3) is 0.429. The number of carbonyl (C=O) groups excluding carboxylic acids is 1. The van der Waals surface area contributed by atoms with E-state index < -0.39 is 0 Å². The molecule has 2 aromatic heterocycles. The van der Waals surface area contributed by atoms with Crippen LogP contribution in [0, 0.1) is 0 Å². The van der Waals surface area contributed by atoms with E-state index in [0.717, 1.165) is 15.6 Å². The molecule has 0 saturated carbocycles. The number of methoxy groups -OCH3 is 1. The van der Waals surface area contributed by atoms with Crippen LogP contribution in [0.4, 0.5) is 0 Å². The average Bonchev–Trinajstić information content (AvgIpc) is 3.13. The number of aromatic nitrogens is 1. The number of thiophene rings is 1. The highest BCUT2D eigenvalue weighted by Gasteiger charge is 2.15. The molecule has 0 unspecified atom stereocenters. The molecule has 0 bridgehead atoms. The van der Waals surface area contributed by atoms with Crippen LogP contribution in [0.15, 0.2) is 22.9 Å². The van der Waals surface area contributed by atoms with Gasteiger partial charge in [0.2, 0.25) is 5.91 Å². The summed E-state index contributed by atoms with van der Waals surface area (Å²) >= 11 is 3.18. The largest absolute Gasteiger partial charge is 0.395 e. The Labute approximate surface area is 131 Å². The monoisotopic (exact) mass is 326 g/mol. The maximum atomic E-state index is 12.2. The summed E-state index contributed by atoms with van der Waals surface area (Å²) in [6.07, 6.45) is 0.256. The first-order chi connectivity index (χ1) is 10.2. The van der Waals surface area contributed by atoms with Gasteiger partial charge in [0.05, 0.1) is 30.2 Å². The fourth-order valence-corrected chi connectivity index (χ4v) is 3.49. The minimum Gasteiger partial charge on any atom is -0.395 e. The molecule has 21 heavy (non-hydrogen) atoms. The van der Waals surface area contributed by atoms with Crippen LogP contribution in [0.25, 0.3) is 9.88 Å². The Bertz CT molecular complexity index is 554. The molecule has 5 nitrogen and oxygen atoms in total. The topological polar surface area (TPSA) is 62.7 Å². The number of thiazole rings is 1. The van der Waals surface area contributed by atoms with Gasteiger partial charge in [-0.2, -0.15) is 0 Å². The van der Waals surface area contributed by atoms with Crippen molar-refractivity contribution in [2.75, 3.05) is 33.4 Å². The fourth-order valence-electron chi connectivity index (χ4n) is 1.85. The van der Waals surface area contributed by atoms with Gasteiger partial charge >= 0.3 is 0 Å². The molecular formula is C14H18N2O3S2. The second-order valence-corrected chi connectivity index (χ2v) is 6.20. The number of hydrogen-bond donors (Lipinski definition) is 1. The van der Waals surface area contributed by atoms with E-state index in [0.29, 0.717) is 19.7 Å². The lowest BCUT2D eigenvalue weighted by atomic mass is 10.3. The summed E-state index contributed by atoms with van der Waals surface area (Å²) in [5.41, 5.74) is 0.772. The van der Waals surface area contributed by atoms with Crippen LogP contribution < -0.4 is 0 Å². The number of carbonyl (C=O) groups is 1. The molecule has 1 amide bonds. The van der Waals surface area contributed by atoms with Crippen LogP contribution in [-0.2, 0) is 16.0 Å². The van der Waals surface area contributed by atoms with Crippen molar-refractivity contribution in [3.05, 3.63) is 28.6 Å². The summed E-state index contributed by atoms with van der Waals surface area (Å²) in [6, 6.07) is 4.01. The Hall–Kier alpha value is -1.28. The van der Waals surface area contributed by atoms with Crippen molar-refractivity contribution in [2.45, 2.75) is 6.42 Å². The highest BCUT2D eigenvalue weighted by Crippen LogP contribution is 2.27. The number of ether oxygens (including phenoxy) is 1. The molecule has 0 aromatic carbocycles. The second kappa shape index (κ2) is 8.23. The summed E-state index contributed by atoms with van der Waals surface area (Å²) in [4.78, 5) is 19.5. The van der Waals surface area contributed by atoms with Gasteiger partial charge in [-0.15, -0.1) is 22.7 Å². The van der Waals surface area contributed by atoms with E-state index in [-0.39, 0.29) is 18.9 Å². The SMILES string of the molecule is COCCN(CCO)C(=O)Cc1csc(-c2cccs2)n1. The highest BCUT2D eigenvalue weighted by molar-refractivity contribution is 7.20. The maximum absolute atomic E-state index is 12.2. The highest BCUT2D eigenvalue weighted by atomic mass is 32.1. The Morgan fingerprint density at radius 1 is 1.43 bits per heavy atom. The van der Waals surface area contributed by atoms with Crippen molar-refractivity contribution in [2.24, 2.45) is 0 Å². The average molecular weight is 326 g/mol. The van der Waals surface area contributed by atoms with Crippen molar-refractivity contribution in [3.8, 4) is 9.88 Å². The third-order valence-corrected chi connectivity index (χ3v) is 4.83. The van der Waals surface area contributed by atoms with Gasteiger partial charge in [-0.05, 0) is 11.4 Å². The maximum Gasteiger partial charge on any atom is 0.228 e. The first-order valence-electron chi connectivity index (χ1n) is 6.60. The summed E-state index contributed by atoms with van der Waals surface area (Å²) in [5, 5.41) is 13.9. The number of aliphatic hydroxyl groups excluding tert-OH is 1. The lowest BCUT2D eigenvalue weighted by molar-refractivity contribution is -0.131. The molecule has 0 atom stereocenters. The number of hydrogen-bond acceptors (Lipinski definition) is 6. The van der Waals surface area contributed by atoms with Crippen LogP contribution in [0.5, 0.6) is 0 Å². The molecule has 0 fully saturated rings. The van der Waals surface area contributed by atoms with E-state index in [1.54, 1.807) is 34.7 Å². The van der Waals surface area contributed by atoms with Gasteiger partial charge in [0.1, 0.15) is 5.01 Å². The first kappa shape index (κ1) is 16.1. The Morgan fingerprint density at radius 2 is 2.29 bits per heavy atom. The Morgan fingerprint density at radius 3 is 2.95 bits per heavy atom. The lowest BCUT2D eigenvalue weighted by Gasteiger charge is -2.20. The molecule has 0 aliphatic carbocycles. The predicted octanol–water partition coefficient (Wildman–Crippen LogP) is 1.88. The van der Waals surface area contributed by atoms with Gasteiger partial charge in [0.25, 0.3) is 0 Å². The van der Waals surface area contributed by atoms with Crippen molar-refractivity contribution in [3.63, 3.8) is 0 Å². The van der Waals surface area contributed by atoms with Crippen LogP contribution >= 0.6 is 22.7 Å². The van der Waals surface area contributed by atoms with Gasteiger partial charge < -0.3 is 14.7 Å². The molecule has 2 rings (SSSR count). The van der Waals surface area contributed by atoms with Crippen molar-refractivity contribution >= 4 is 28.6 Å². The predicted molar refractivity (Wildman–Crippen MR) is 84.7 cm³/mol. The van der Waals surface area contributed by atoms with Gasteiger partial charge in [-0.25, -0.2) is 4.98 Å². The first-order valence-corrected chi connectivity index (χ1v) is 8.36. The molecule has 114 valence electrons. The minimum atomic E-state index is -0.0486. The molecule has 0 spiro atoms. The number of aliphatic hydroxyl groups is 1. The minimum absolute atomic E-state index is 0.0378. The van der Waals surface area contributed by atoms with Gasteiger partial charge in [-0.3, -0.25) is 4.79 Å². The van der Waals surface area contributed by atoms with Crippen LogP contribution in [0.1, 0.15) is 5.69 Å². The molecule has 0 aliphatic rings. The smallest absolute Gasteiger partial charge is 0.228 e. The van der Waals surface area contributed by atoms with Gasteiger partial charge in [-0.1, -0.05) is 6.07 Å². The normalized spacial score (nSPS) is 10.8. The van der Waals surface area contributed by atoms with E-state index in [9.17, 15) is 4.79 Å². The molecule has 0 aliphatic heterocycles. The van der Waals surface area contributed by atoms with E-state index >= 15 is 0 Å². The van der Waals surface area contributed by atoms with Crippen molar-refractivity contribution in [1.29, 1.82) is 0 Å². The molecule has 2 heterocycles. The van der Waals surface area contributed by atoms with Crippen LogP contribution in [-0.4, -0.2) is 54.3 Å². The zero-order chi connectivity index (χ0) is 15.1. The van der Waals surface area contributed by atoms with Crippen LogP contribution in [0.2, 0.25) is 0 Å². The summed E-state index contributed by atoms with van der Waals surface area (Å²) in [7, 11) is 1.59. The molecule has 0 saturated heterocycles. The summed E-state index contributed by atoms with van der Waals surface area (Å²) < 4.78 is 4.98. The van der Waals surface area contributed by atoms with E-state index in [4.69, 9.17) is 9.84 Å². The quantitative estimate of drug-likeness (QED) is 0.804. The molecule has 0 radical (unpaired) electrons. The third kappa shape index (κ3) is 4.60. The lowest BCUT2D eigenvalue weighted by Crippen LogP contribution is -2.37. The van der Waals surface area contributed by atoms with Crippen molar-refractivity contribution < 1.29 is 14.6 Å². The second-order valence-electron chi connectivity index (χ2n) is 4.40. The number of amides is 1. The van der Waals surface area contributed by atoms with Crippen LogP contribution in [0.3, 0.4) is 0 Å². The summed E-state index contributed by atoms with van der Waals surface area (Å²) in [5.74, 6) is -0.0378. The molecular weight excluding hydrogens is 308 g/mol. The summed E-state index contributed by atoms with van der Waals surface area (Å²) in [6.45, 7) is 1.22. The zero-order valence-corrected chi connectivity index (χ0v) is 13.5. The molecule has 2 aromatic rings. The van der Waals surface area contributed by atoms with E-state index in [2.05, 4.69) is 4.98 Å². The van der Waals surface area contributed by atoms with Gasteiger partial charge in [0.15, 0.2) is 0 Å². The molecule has 1 N–H and O–H groups in total. The van der Waals surface area contributed by atoms with Crippen molar-refractivity contribution in [1.82, 2.24) is 9.88 Å². The van der Waals surface area contributed by atoms with Gasteiger partial charge in [0, 0.05) is 25.6 Å². The number of nitrogens with zero attached hydrogens (tertiary/aromatic N) is 2. The van der Waals surface area contributed by atoms with E-state index in [1.165, 1.54) is 0 Å². The van der Waals surface area contributed by atoms with E-state index in [1.807, 2.05) is 22.9 Å². The third-order valence-electron chi connectivity index (χ3n) is 2.90. The standard InChI is InChI=1S/C14H18N2O3S2/c1-19-7-5-16(4-6-17)13(18)9-11-10-21-14(15-11)12-3-2-8-20-12/h2-3,8,10,17H,4-7,9H2,1H3. The zero-order valence-electron chi connectivity index (χ0n) is 11.8. The Kier molecular flexibility index (Phi) is 6.31. The molecule has 7 heteroatoms. The number of rotatable bonds is 8. The Balaban J connectivity index is 1.97.